The zero-order valence-electron chi connectivity index (χ0n) is 39.9. The maximum absolute atomic E-state index is 13.4. The van der Waals surface area contributed by atoms with Gasteiger partial charge in [0, 0.05) is 92.8 Å². The predicted octanol–water partition coefficient (Wildman–Crippen LogP) is 5.94. The largest absolute Gasteiger partial charge is 0.480 e. The molecule has 0 unspecified atom stereocenters. The van der Waals surface area contributed by atoms with Crippen LogP contribution in [0.25, 0.3) is 90.9 Å². The predicted molar refractivity (Wildman–Crippen MR) is 273 cm³/mol. The number of fused-ring (bicyclic) bond motifs is 8. The van der Waals surface area contributed by atoms with Crippen LogP contribution in [0.1, 0.15) is 49.5 Å². The highest BCUT2D eigenvalue weighted by molar-refractivity contribution is 6.01. The number of anilines is 1. The van der Waals surface area contributed by atoms with Crippen molar-refractivity contribution in [2.24, 2.45) is 26.9 Å². The number of hydrogen-bond acceptors (Lipinski definition) is 7. The normalized spacial score (nSPS) is 13.0. The first-order valence-corrected chi connectivity index (χ1v) is 23.2. The van der Waals surface area contributed by atoms with Gasteiger partial charge in [-0.1, -0.05) is 12.1 Å². The second kappa shape index (κ2) is 20.0. The summed E-state index contributed by atoms with van der Waals surface area (Å²) < 4.78 is 6.00. The Morgan fingerprint density at radius 1 is 0.549 bits per heavy atom. The molecular formula is C55H54N11O5+3. The average Bonchev–Trinajstić information content (AvgIpc) is 4.21. The van der Waals surface area contributed by atoms with Gasteiger partial charge in [0.05, 0.1) is 28.8 Å². The number of carbonyl (C=O) groups is 4. The van der Waals surface area contributed by atoms with E-state index >= 15 is 0 Å². The number of aromatic amines is 2. The van der Waals surface area contributed by atoms with Gasteiger partial charge in [-0.2, -0.15) is 0 Å². The van der Waals surface area contributed by atoms with Gasteiger partial charge in [-0.25, -0.2) is 23.7 Å². The fourth-order valence-corrected chi connectivity index (χ4v) is 8.59. The second-order valence-electron chi connectivity index (χ2n) is 17.8. The number of aromatic nitrogens is 7. The van der Waals surface area contributed by atoms with Gasteiger partial charge < -0.3 is 36.8 Å². The summed E-state index contributed by atoms with van der Waals surface area (Å²) in [4.78, 5) is 68.6. The Morgan fingerprint density at radius 2 is 0.944 bits per heavy atom. The third-order valence-corrected chi connectivity index (χ3v) is 12.4. The van der Waals surface area contributed by atoms with E-state index in [-0.39, 0.29) is 12.8 Å². The fourth-order valence-electron chi connectivity index (χ4n) is 8.59. The lowest BCUT2D eigenvalue weighted by Crippen LogP contribution is -2.53. The number of benzene rings is 1. The van der Waals surface area contributed by atoms with Crippen molar-refractivity contribution in [1.29, 1.82) is 0 Å². The minimum atomic E-state index is -1.24. The summed E-state index contributed by atoms with van der Waals surface area (Å²) in [7, 11) is 5.97. The number of nitrogens with two attached hydrogens (primary N) is 1. The molecule has 6 aromatic heterocycles. The van der Waals surface area contributed by atoms with E-state index in [0.29, 0.717) is 5.69 Å². The first-order valence-electron chi connectivity index (χ1n) is 23.2. The van der Waals surface area contributed by atoms with Gasteiger partial charge >= 0.3 is 5.97 Å². The summed E-state index contributed by atoms with van der Waals surface area (Å²) in [6, 6.07) is 24.9. The Bertz CT molecular complexity index is 3300. The van der Waals surface area contributed by atoms with Gasteiger partial charge in [0.15, 0.2) is 37.2 Å². The molecule has 16 heteroatoms. The van der Waals surface area contributed by atoms with Gasteiger partial charge in [0.25, 0.3) is 0 Å². The van der Waals surface area contributed by atoms with Crippen LogP contribution in [0.3, 0.4) is 0 Å². The average molecular weight is 949 g/mol. The van der Waals surface area contributed by atoms with Gasteiger partial charge in [-0.15, -0.1) is 0 Å². The third-order valence-electron chi connectivity index (χ3n) is 12.4. The molecule has 0 saturated carbocycles. The number of aryl methyl sites for hydroxylation is 3. The van der Waals surface area contributed by atoms with E-state index < -0.39 is 41.8 Å². The van der Waals surface area contributed by atoms with E-state index in [4.69, 9.17) is 15.7 Å². The van der Waals surface area contributed by atoms with Crippen molar-refractivity contribution in [1.82, 2.24) is 30.6 Å². The molecule has 16 nitrogen and oxygen atoms in total. The molecule has 2 aliphatic heterocycles. The fraction of sp³-hybridized carbons (Fsp3) is 0.182. The number of carboxylic acid groups (broad SMARTS) is 1. The van der Waals surface area contributed by atoms with Crippen molar-refractivity contribution in [3.8, 4) is 44.5 Å². The molecule has 2 aliphatic rings. The van der Waals surface area contributed by atoms with Gasteiger partial charge in [-0.05, 0) is 103 Å². The topological polar surface area (TPSA) is 220 Å². The van der Waals surface area contributed by atoms with Crippen molar-refractivity contribution in [3.05, 3.63) is 145 Å². The quantitative estimate of drug-likeness (QED) is 0.0685. The number of hydrogen-bond donors (Lipinski definition) is 7. The Kier molecular flexibility index (Phi) is 13.3. The molecule has 9 rings (SSSR count). The standard InChI is InChI=1S/C55H51N11O5/c1-32(56)53(68)63-47(54(69)57-33(2)55(70)71)18-19-48(67)58-38-8-6-34(7-9-38)49-39-10-12-41(59-39)50(35-20-26-64(3)27-21-35)43-14-16-45(61-43)52(37-24-30-66(5)31-25-37)46-17-15-44(62-46)51(42-13-11-40(49)60-42)36-22-28-65(4)29-23-36/h6-17,20-33,47H,18-19,56H2,1-5H3,(H3-2,57,58,59,60,61,62,63,67,68,69,70,71)/p+3/t32-,33+,47-/m0/s1. The molecule has 0 radical (unpaired) electrons. The molecule has 1 aromatic carbocycles. The molecular weight excluding hydrogens is 895 g/mol. The molecule has 356 valence electrons. The Balaban J connectivity index is 1.18. The lowest BCUT2D eigenvalue weighted by molar-refractivity contribution is -0.671. The number of nitrogens with zero attached hydrogens (tertiary/aromatic N) is 5. The van der Waals surface area contributed by atoms with E-state index in [1.807, 2.05) is 84.2 Å². The van der Waals surface area contributed by atoms with E-state index in [1.165, 1.54) is 13.8 Å². The van der Waals surface area contributed by atoms with Crippen LogP contribution >= 0.6 is 0 Å². The zero-order valence-corrected chi connectivity index (χ0v) is 39.9. The molecule has 8 N–H and O–H groups in total. The molecule has 0 spiro atoms. The van der Waals surface area contributed by atoms with Crippen LogP contribution in [-0.2, 0) is 40.3 Å². The molecule has 8 heterocycles. The monoisotopic (exact) mass is 948 g/mol. The summed E-state index contributed by atoms with van der Waals surface area (Å²) in [5.74, 6) is -3.00. The number of carboxylic acids is 1. The van der Waals surface area contributed by atoms with E-state index in [1.54, 1.807) is 12.1 Å². The van der Waals surface area contributed by atoms with Crippen LogP contribution in [0.2, 0.25) is 0 Å². The van der Waals surface area contributed by atoms with Crippen molar-refractivity contribution >= 4 is 75.7 Å². The number of aliphatic carboxylic acids is 1. The van der Waals surface area contributed by atoms with Crippen LogP contribution in [0, 0.1) is 0 Å². The number of nitrogens with one attached hydrogen (secondary N) is 5. The summed E-state index contributed by atoms with van der Waals surface area (Å²) in [6.07, 6.45) is 20.1. The summed E-state index contributed by atoms with van der Waals surface area (Å²) in [5.41, 5.74) is 20.1. The number of rotatable bonds is 13. The maximum Gasteiger partial charge on any atom is 0.325 e. The van der Waals surface area contributed by atoms with Crippen molar-refractivity contribution in [2.75, 3.05) is 5.32 Å². The minimum Gasteiger partial charge on any atom is -0.480 e. The van der Waals surface area contributed by atoms with E-state index in [2.05, 4.69) is 111 Å². The summed E-state index contributed by atoms with van der Waals surface area (Å²) >= 11 is 0. The van der Waals surface area contributed by atoms with Crippen LogP contribution in [0.5, 0.6) is 0 Å². The highest BCUT2D eigenvalue weighted by Gasteiger charge is 2.26. The van der Waals surface area contributed by atoms with E-state index in [9.17, 15) is 24.3 Å². The lowest BCUT2D eigenvalue weighted by atomic mass is 10.0. The highest BCUT2D eigenvalue weighted by Crippen LogP contribution is 2.38. The molecule has 3 atom stereocenters. The van der Waals surface area contributed by atoms with Crippen molar-refractivity contribution < 1.29 is 38.0 Å². The SMILES string of the molecule is C[C@H](N)C(=O)N[C@@H](CCC(=O)Nc1ccc(-c2c3ccc([nH]3)c(-c3cc[n+](C)cc3)c3nc(c(-c4cc[n+](C)cc4)c4nc(c(-c5cc[n+](C)cc5)c5ccc2[nH]5)C=C4)C=C3)cc1)C(=O)N[C@H](C)C(=O)O. The summed E-state index contributed by atoms with van der Waals surface area (Å²) in [5, 5.41) is 17.1. The van der Waals surface area contributed by atoms with Crippen LogP contribution in [0.15, 0.2) is 122 Å². The number of H-pyrrole nitrogens is 2. The van der Waals surface area contributed by atoms with Gasteiger partial charge in [-0.3, -0.25) is 19.2 Å². The second-order valence-corrected chi connectivity index (χ2v) is 17.8. The van der Waals surface area contributed by atoms with Crippen LogP contribution in [0.4, 0.5) is 5.69 Å². The lowest BCUT2D eigenvalue weighted by Gasteiger charge is -2.20. The van der Waals surface area contributed by atoms with Crippen LogP contribution in [-0.4, -0.2) is 66.9 Å². The number of pyridine rings is 3. The van der Waals surface area contributed by atoms with E-state index in [0.717, 1.165) is 89.4 Å². The molecule has 0 fully saturated rings. The number of amides is 3. The van der Waals surface area contributed by atoms with Gasteiger partial charge in [0.1, 0.15) is 33.2 Å². The molecule has 3 amide bonds. The molecule has 8 bridgehead atoms. The Labute approximate surface area is 409 Å². The Morgan fingerprint density at radius 3 is 1.37 bits per heavy atom. The molecule has 7 aromatic rings. The van der Waals surface area contributed by atoms with Gasteiger partial charge in [0.2, 0.25) is 17.7 Å². The summed E-state index contributed by atoms with van der Waals surface area (Å²) in [6.45, 7) is 2.77. The van der Waals surface area contributed by atoms with Crippen LogP contribution < -0.4 is 35.4 Å². The maximum atomic E-state index is 13.4. The minimum absolute atomic E-state index is 0.0990. The highest BCUT2D eigenvalue weighted by atomic mass is 16.4. The first-order chi connectivity index (χ1) is 34.2. The van der Waals surface area contributed by atoms with Crippen molar-refractivity contribution in [2.45, 2.75) is 44.8 Å². The van der Waals surface area contributed by atoms with Crippen molar-refractivity contribution in [3.63, 3.8) is 0 Å². The molecule has 71 heavy (non-hydrogen) atoms. The molecule has 0 saturated heterocycles. The Hall–Kier alpha value is -8.89. The molecule has 0 aliphatic carbocycles. The first kappa shape index (κ1) is 47.2. The number of carbonyl (C=O) groups excluding carboxylic acids is 3. The smallest absolute Gasteiger partial charge is 0.325 e. The third kappa shape index (κ3) is 10.3. The zero-order chi connectivity index (χ0) is 49.9.